The molecular formula is C22H24N2O7. The largest absolute Gasteiger partial charge is 0.493 e. The second-order valence-corrected chi connectivity index (χ2v) is 7.21. The van der Waals surface area contributed by atoms with Crippen LogP contribution in [0.4, 0.5) is 10.5 Å². The molecule has 2 aromatic rings. The van der Waals surface area contributed by atoms with Crippen molar-refractivity contribution in [2.75, 3.05) is 39.6 Å². The highest BCUT2D eigenvalue weighted by Crippen LogP contribution is 2.39. The summed E-state index contributed by atoms with van der Waals surface area (Å²) in [5, 5.41) is 2.87. The highest BCUT2D eigenvalue weighted by Gasteiger charge is 2.37. The lowest BCUT2D eigenvalue weighted by Gasteiger charge is -2.38. The van der Waals surface area contributed by atoms with E-state index in [0.717, 1.165) is 5.56 Å². The standard InChI is InChI=1S/C22H24N2O7/c1-27-17-6-4-13(8-19(17)28-2)15-10-21(25)24(11-16(15)23-22(26)29-3)14-5-7-18-20(9-14)31-12-30-18/h4-9,15-16H,10-12H2,1-3H3,(H,23,26)/t15-,16+/m0/s1. The Bertz CT molecular complexity index is 994. The molecule has 9 heteroatoms. The Kier molecular flexibility index (Phi) is 5.75. The van der Waals surface area contributed by atoms with Crippen LogP contribution in [0.25, 0.3) is 0 Å². The maximum absolute atomic E-state index is 13.1. The topological polar surface area (TPSA) is 95.6 Å². The van der Waals surface area contributed by atoms with Crippen LogP contribution in [0, 0.1) is 0 Å². The summed E-state index contributed by atoms with van der Waals surface area (Å²) in [6.45, 7) is 0.424. The molecule has 2 heterocycles. The number of rotatable bonds is 5. The lowest BCUT2D eigenvalue weighted by molar-refractivity contribution is -0.120. The molecule has 0 unspecified atom stereocenters. The average Bonchev–Trinajstić information content (AvgIpc) is 3.27. The van der Waals surface area contributed by atoms with Gasteiger partial charge in [0.25, 0.3) is 0 Å². The van der Waals surface area contributed by atoms with Crippen LogP contribution >= 0.6 is 0 Å². The van der Waals surface area contributed by atoms with Crippen LogP contribution in [0.5, 0.6) is 23.0 Å². The smallest absolute Gasteiger partial charge is 0.407 e. The second kappa shape index (κ2) is 8.63. The first kappa shape index (κ1) is 20.6. The summed E-state index contributed by atoms with van der Waals surface area (Å²) in [5.74, 6) is 2.04. The maximum Gasteiger partial charge on any atom is 0.407 e. The molecule has 0 spiro atoms. The SMILES string of the molecule is COC(=O)N[C@@H]1CN(c2ccc3c(c2)OCO3)C(=O)C[C@H]1c1ccc(OC)c(OC)c1. The summed E-state index contributed by atoms with van der Waals surface area (Å²) in [6.07, 6.45) is -0.367. The molecule has 2 amide bonds. The minimum Gasteiger partial charge on any atom is -0.493 e. The van der Waals surface area contributed by atoms with E-state index in [0.29, 0.717) is 28.7 Å². The summed E-state index contributed by atoms with van der Waals surface area (Å²) in [7, 11) is 4.43. The molecule has 0 radical (unpaired) electrons. The van der Waals surface area contributed by atoms with Gasteiger partial charge in [0.1, 0.15) is 0 Å². The Balaban J connectivity index is 1.64. The van der Waals surface area contributed by atoms with Crippen LogP contribution in [-0.2, 0) is 9.53 Å². The summed E-state index contributed by atoms with van der Waals surface area (Å²) >= 11 is 0. The zero-order valence-electron chi connectivity index (χ0n) is 17.5. The van der Waals surface area contributed by atoms with Crippen LogP contribution in [0.1, 0.15) is 17.9 Å². The Morgan fingerprint density at radius 3 is 2.55 bits per heavy atom. The lowest BCUT2D eigenvalue weighted by atomic mass is 9.84. The molecule has 0 aromatic heterocycles. The van der Waals surface area contributed by atoms with Crippen LogP contribution in [-0.4, -0.2) is 52.7 Å². The zero-order chi connectivity index (χ0) is 22.0. The molecule has 1 saturated heterocycles. The van der Waals surface area contributed by atoms with E-state index in [9.17, 15) is 9.59 Å². The van der Waals surface area contributed by atoms with Gasteiger partial charge < -0.3 is 33.9 Å². The van der Waals surface area contributed by atoms with Crippen molar-refractivity contribution in [1.82, 2.24) is 5.32 Å². The van der Waals surface area contributed by atoms with Gasteiger partial charge in [0, 0.05) is 30.6 Å². The normalized spacial score (nSPS) is 19.7. The molecule has 0 bridgehead atoms. The van der Waals surface area contributed by atoms with Gasteiger partial charge >= 0.3 is 6.09 Å². The van der Waals surface area contributed by atoms with Crippen molar-refractivity contribution in [3.63, 3.8) is 0 Å². The van der Waals surface area contributed by atoms with E-state index in [1.807, 2.05) is 12.1 Å². The van der Waals surface area contributed by atoms with Crippen LogP contribution < -0.4 is 29.2 Å². The van der Waals surface area contributed by atoms with Crippen molar-refractivity contribution >= 4 is 17.7 Å². The number of alkyl carbamates (subject to hydrolysis) is 1. The van der Waals surface area contributed by atoms with E-state index in [-0.39, 0.29) is 37.6 Å². The molecule has 31 heavy (non-hydrogen) atoms. The Labute approximate surface area is 179 Å². The number of nitrogens with one attached hydrogen (secondary N) is 1. The number of carbonyl (C=O) groups is 2. The Morgan fingerprint density at radius 2 is 1.81 bits per heavy atom. The number of hydrogen-bond donors (Lipinski definition) is 1. The first-order valence-electron chi connectivity index (χ1n) is 9.80. The molecule has 164 valence electrons. The lowest BCUT2D eigenvalue weighted by Crippen LogP contribution is -2.54. The number of ether oxygens (including phenoxy) is 5. The summed E-state index contributed by atoms with van der Waals surface area (Å²) in [4.78, 5) is 26.8. The number of nitrogens with zero attached hydrogens (tertiary/aromatic N) is 1. The first-order valence-corrected chi connectivity index (χ1v) is 9.80. The molecular weight excluding hydrogens is 404 g/mol. The van der Waals surface area contributed by atoms with Crippen LogP contribution in [0.15, 0.2) is 36.4 Å². The second-order valence-electron chi connectivity index (χ2n) is 7.21. The van der Waals surface area contributed by atoms with Crippen molar-refractivity contribution in [2.24, 2.45) is 0 Å². The fourth-order valence-corrected chi connectivity index (χ4v) is 3.96. The van der Waals surface area contributed by atoms with Crippen molar-refractivity contribution in [2.45, 2.75) is 18.4 Å². The van der Waals surface area contributed by atoms with E-state index < -0.39 is 6.09 Å². The van der Waals surface area contributed by atoms with E-state index in [4.69, 9.17) is 23.7 Å². The molecule has 0 aliphatic carbocycles. The molecule has 1 fully saturated rings. The number of hydrogen-bond acceptors (Lipinski definition) is 7. The number of carbonyl (C=O) groups excluding carboxylic acids is 2. The predicted molar refractivity (Wildman–Crippen MR) is 111 cm³/mol. The Hall–Kier alpha value is -3.62. The monoisotopic (exact) mass is 428 g/mol. The van der Waals surface area contributed by atoms with E-state index in [1.165, 1.54) is 7.11 Å². The van der Waals surface area contributed by atoms with Crippen LogP contribution in [0.2, 0.25) is 0 Å². The van der Waals surface area contributed by atoms with Crippen molar-refractivity contribution in [3.05, 3.63) is 42.0 Å². The van der Waals surface area contributed by atoms with Crippen LogP contribution in [0.3, 0.4) is 0 Å². The number of benzene rings is 2. The van der Waals surface area contributed by atoms with Gasteiger partial charge in [-0.2, -0.15) is 0 Å². The predicted octanol–water partition coefficient (Wildman–Crippen LogP) is 2.68. The Morgan fingerprint density at radius 1 is 1.03 bits per heavy atom. The van der Waals surface area contributed by atoms with E-state index in [1.54, 1.807) is 43.4 Å². The van der Waals surface area contributed by atoms with Crippen molar-refractivity contribution < 1.29 is 33.3 Å². The molecule has 2 aromatic carbocycles. The summed E-state index contributed by atoms with van der Waals surface area (Å²) < 4.78 is 26.3. The quantitative estimate of drug-likeness (QED) is 0.782. The minimum atomic E-state index is -0.560. The number of fused-ring (bicyclic) bond motifs is 1. The maximum atomic E-state index is 13.1. The molecule has 0 saturated carbocycles. The van der Waals surface area contributed by atoms with Gasteiger partial charge in [-0.3, -0.25) is 4.79 Å². The van der Waals surface area contributed by atoms with Gasteiger partial charge in [0.2, 0.25) is 12.7 Å². The molecule has 1 N–H and O–H groups in total. The molecule has 9 nitrogen and oxygen atoms in total. The number of amides is 2. The number of piperidine rings is 1. The van der Waals surface area contributed by atoms with E-state index >= 15 is 0 Å². The fourth-order valence-electron chi connectivity index (χ4n) is 3.96. The average molecular weight is 428 g/mol. The van der Waals surface area contributed by atoms with Crippen molar-refractivity contribution in [1.29, 1.82) is 0 Å². The van der Waals surface area contributed by atoms with Gasteiger partial charge in [-0.1, -0.05) is 6.07 Å². The van der Waals surface area contributed by atoms with Gasteiger partial charge in [-0.15, -0.1) is 0 Å². The number of methoxy groups -OCH3 is 3. The highest BCUT2D eigenvalue weighted by molar-refractivity contribution is 5.95. The summed E-state index contributed by atoms with van der Waals surface area (Å²) in [6, 6.07) is 10.5. The minimum absolute atomic E-state index is 0.0680. The number of anilines is 1. The van der Waals surface area contributed by atoms with Gasteiger partial charge in [-0.05, 0) is 29.8 Å². The third-order valence-electron chi connectivity index (χ3n) is 5.55. The summed E-state index contributed by atoms with van der Waals surface area (Å²) in [5.41, 5.74) is 1.54. The zero-order valence-corrected chi connectivity index (χ0v) is 17.5. The third-order valence-corrected chi connectivity index (χ3v) is 5.55. The van der Waals surface area contributed by atoms with E-state index in [2.05, 4.69) is 5.32 Å². The van der Waals surface area contributed by atoms with Gasteiger partial charge in [-0.25, -0.2) is 4.79 Å². The van der Waals surface area contributed by atoms with Gasteiger partial charge in [0.15, 0.2) is 23.0 Å². The molecule has 2 aliphatic rings. The third kappa shape index (κ3) is 4.03. The highest BCUT2D eigenvalue weighted by atomic mass is 16.7. The molecule has 2 aliphatic heterocycles. The molecule has 2 atom stereocenters. The van der Waals surface area contributed by atoms with Gasteiger partial charge in [0.05, 0.1) is 27.4 Å². The first-order chi connectivity index (χ1) is 15.0. The fraction of sp³-hybridized carbons (Fsp3) is 0.364. The molecule has 4 rings (SSSR count). The van der Waals surface area contributed by atoms with Crippen molar-refractivity contribution in [3.8, 4) is 23.0 Å².